The van der Waals surface area contributed by atoms with Crippen LogP contribution in [0.3, 0.4) is 0 Å². The molecule has 2 rings (SSSR count). The highest BCUT2D eigenvalue weighted by Gasteiger charge is 2.18. The molecule has 0 amide bonds. The maximum Gasteiger partial charge on any atom is 0.0360 e. The predicted octanol–water partition coefficient (Wildman–Crippen LogP) is 2.63. The summed E-state index contributed by atoms with van der Waals surface area (Å²) in [6.45, 7) is 1.22. The van der Waals surface area contributed by atoms with Crippen molar-refractivity contribution in [2.45, 2.75) is 31.7 Å². The van der Waals surface area contributed by atoms with Crippen LogP contribution in [0.5, 0.6) is 0 Å². The van der Waals surface area contributed by atoms with Gasteiger partial charge in [0.15, 0.2) is 0 Å². The van der Waals surface area contributed by atoms with Crippen molar-refractivity contribution in [2.75, 3.05) is 13.6 Å². The Morgan fingerprint density at radius 1 is 1.36 bits per heavy atom. The molecule has 2 heterocycles. The number of pyridine rings is 1. The number of nitrogens with zero attached hydrogens (tertiary/aromatic N) is 2. The fraction of sp³-hybridized carbons (Fsp3) is 0.583. The zero-order chi connectivity index (χ0) is 9.80. The molecule has 0 aliphatic carbocycles. The number of hydrogen-bond acceptors (Lipinski definition) is 2. The van der Waals surface area contributed by atoms with Crippen molar-refractivity contribution >= 4 is 0 Å². The zero-order valence-corrected chi connectivity index (χ0v) is 8.82. The van der Waals surface area contributed by atoms with E-state index in [1.54, 1.807) is 0 Å². The fourth-order valence-corrected chi connectivity index (χ4v) is 2.25. The van der Waals surface area contributed by atoms with Gasteiger partial charge in [0.05, 0.1) is 0 Å². The molecule has 0 saturated carbocycles. The Morgan fingerprint density at radius 2 is 2.29 bits per heavy atom. The summed E-state index contributed by atoms with van der Waals surface area (Å²) >= 11 is 0. The minimum atomic E-state index is 0.589. The molecule has 1 aliphatic heterocycles. The Bertz CT molecular complexity index is 271. The molecule has 0 unspecified atom stereocenters. The first-order valence-corrected chi connectivity index (χ1v) is 5.48. The third kappa shape index (κ3) is 2.13. The summed E-state index contributed by atoms with van der Waals surface area (Å²) in [5, 5.41) is 0. The molecule has 14 heavy (non-hydrogen) atoms. The van der Waals surface area contributed by atoms with Crippen LogP contribution in [0.15, 0.2) is 24.5 Å². The molecule has 1 atom stereocenters. The highest BCUT2D eigenvalue weighted by atomic mass is 15.1. The molecule has 0 aromatic carbocycles. The molecule has 0 bridgehead atoms. The standard InChI is InChI=1S/C12H18N2/c1-14-9-4-2-3-7-12(14)11-6-5-8-13-10-11/h5-6,8,10,12H,2-4,7,9H2,1H3/t12-/m0/s1. The fourth-order valence-electron chi connectivity index (χ4n) is 2.25. The summed E-state index contributed by atoms with van der Waals surface area (Å²) in [4.78, 5) is 6.66. The lowest BCUT2D eigenvalue weighted by atomic mass is 10.0. The summed E-state index contributed by atoms with van der Waals surface area (Å²) in [6.07, 6.45) is 9.20. The lowest BCUT2D eigenvalue weighted by Gasteiger charge is -2.25. The smallest absolute Gasteiger partial charge is 0.0360 e. The first-order chi connectivity index (χ1) is 6.88. The molecule has 76 valence electrons. The quantitative estimate of drug-likeness (QED) is 0.676. The zero-order valence-electron chi connectivity index (χ0n) is 8.82. The van der Waals surface area contributed by atoms with Crippen molar-refractivity contribution in [2.24, 2.45) is 0 Å². The van der Waals surface area contributed by atoms with Crippen molar-refractivity contribution in [1.82, 2.24) is 9.88 Å². The second-order valence-corrected chi connectivity index (χ2v) is 4.13. The molecule has 0 N–H and O–H groups in total. The van der Waals surface area contributed by atoms with E-state index in [4.69, 9.17) is 0 Å². The Kier molecular flexibility index (Phi) is 3.14. The summed E-state index contributed by atoms with van der Waals surface area (Å²) < 4.78 is 0. The van der Waals surface area contributed by atoms with Crippen molar-refractivity contribution in [1.29, 1.82) is 0 Å². The van der Waals surface area contributed by atoms with Gasteiger partial charge in [-0.3, -0.25) is 9.88 Å². The van der Waals surface area contributed by atoms with Crippen molar-refractivity contribution in [3.8, 4) is 0 Å². The highest BCUT2D eigenvalue weighted by Crippen LogP contribution is 2.27. The molecule has 1 aromatic rings. The van der Waals surface area contributed by atoms with Gasteiger partial charge in [-0.1, -0.05) is 18.9 Å². The van der Waals surface area contributed by atoms with Crippen LogP contribution in [0.4, 0.5) is 0 Å². The summed E-state index contributed by atoms with van der Waals surface area (Å²) in [5.41, 5.74) is 1.37. The summed E-state index contributed by atoms with van der Waals surface area (Å²) in [7, 11) is 2.23. The summed E-state index contributed by atoms with van der Waals surface area (Å²) in [6, 6.07) is 4.82. The van der Waals surface area contributed by atoms with E-state index in [2.05, 4.69) is 23.0 Å². The SMILES string of the molecule is CN1CCCCC[C@H]1c1cccnc1. The van der Waals surface area contributed by atoms with Crippen molar-refractivity contribution < 1.29 is 0 Å². The molecular formula is C12H18N2. The van der Waals surface area contributed by atoms with Gasteiger partial charge < -0.3 is 0 Å². The van der Waals surface area contributed by atoms with Crippen LogP contribution in [-0.4, -0.2) is 23.5 Å². The first-order valence-electron chi connectivity index (χ1n) is 5.48. The van der Waals surface area contributed by atoms with Crippen LogP contribution in [0.2, 0.25) is 0 Å². The minimum Gasteiger partial charge on any atom is -0.299 e. The second kappa shape index (κ2) is 4.56. The van der Waals surface area contributed by atoms with Gasteiger partial charge in [0.25, 0.3) is 0 Å². The van der Waals surface area contributed by atoms with E-state index in [1.807, 2.05) is 18.5 Å². The monoisotopic (exact) mass is 190 g/mol. The van der Waals surface area contributed by atoms with Gasteiger partial charge >= 0.3 is 0 Å². The number of likely N-dealkylation sites (tertiary alicyclic amines) is 1. The maximum absolute atomic E-state index is 4.20. The summed E-state index contributed by atoms with van der Waals surface area (Å²) in [5.74, 6) is 0. The normalized spacial score (nSPS) is 24.5. The van der Waals surface area contributed by atoms with E-state index in [0.717, 1.165) is 0 Å². The van der Waals surface area contributed by atoms with Crippen LogP contribution >= 0.6 is 0 Å². The molecule has 2 nitrogen and oxygen atoms in total. The lowest BCUT2D eigenvalue weighted by Crippen LogP contribution is -2.23. The number of rotatable bonds is 1. The van der Waals surface area contributed by atoms with E-state index in [9.17, 15) is 0 Å². The number of hydrogen-bond donors (Lipinski definition) is 0. The van der Waals surface area contributed by atoms with E-state index in [-0.39, 0.29) is 0 Å². The van der Waals surface area contributed by atoms with Gasteiger partial charge in [-0.2, -0.15) is 0 Å². The van der Waals surface area contributed by atoms with Crippen molar-refractivity contribution in [3.63, 3.8) is 0 Å². The molecule has 1 saturated heterocycles. The second-order valence-electron chi connectivity index (χ2n) is 4.13. The number of aromatic nitrogens is 1. The predicted molar refractivity (Wildman–Crippen MR) is 58.1 cm³/mol. The van der Waals surface area contributed by atoms with Crippen LogP contribution in [0, 0.1) is 0 Å². The Balaban J connectivity index is 2.15. The average Bonchev–Trinajstić information content (AvgIpc) is 2.44. The molecule has 1 aliphatic rings. The van der Waals surface area contributed by atoms with Crippen LogP contribution in [0.25, 0.3) is 0 Å². The van der Waals surface area contributed by atoms with Crippen molar-refractivity contribution in [3.05, 3.63) is 30.1 Å². The molecule has 2 heteroatoms. The molecule has 0 spiro atoms. The Morgan fingerprint density at radius 3 is 3.07 bits per heavy atom. The minimum absolute atomic E-state index is 0.589. The first kappa shape index (κ1) is 9.66. The van der Waals surface area contributed by atoms with E-state index >= 15 is 0 Å². The van der Waals surface area contributed by atoms with Gasteiger partial charge in [0, 0.05) is 18.4 Å². The lowest BCUT2D eigenvalue weighted by molar-refractivity contribution is 0.250. The van der Waals surface area contributed by atoms with E-state index < -0.39 is 0 Å². The Labute approximate surface area is 86.0 Å². The van der Waals surface area contributed by atoms with Gasteiger partial charge in [-0.25, -0.2) is 0 Å². The van der Waals surface area contributed by atoms with E-state index in [0.29, 0.717) is 6.04 Å². The molecule has 0 radical (unpaired) electrons. The van der Waals surface area contributed by atoms with Crippen LogP contribution < -0.4 is 0 Å². The largest absolute Gasteiger partial charge is 0.299 e. The topological polar surface area (TPSA) is 16.1 Å². The highest BCUT2D eigenvalue weighted by molar-refractivity contribution is 5.14. The van der Waals surface area contributed by atoms with Gasteiger partial charge in [0.1, 0.15) is 0 Å². The maximum atomic E-state index is 4.20. The Hall–Kier alpha value is -0.890. The third-order valence-corrected chi connectivity index (χ3v) is 3.09. The molecular weight excluding hydrogens is 172 g/mol. The van der Waals surface area contributed by atoms with Gasteiger partial charge in [0.2, 0.25) is 0 Å². The molecule has 1 aromatic heterocycles. The van der Waals surface area contributed by atoms with Crippen LogP contribution in [0.1, 0.15) is 37.3 Å². The van der Waals surface area contributed by atoms with E-state index in [1.165, 1.54) is 37.8 Å². The average molecular weight is 190 g/mol. The van der Waals surface area contributed by atoms with Gasteiger partial charge in [-0.15, -0.1) is 0 Å². The van der Waals surface area contributed by atoms with Gasteiger partial charge in [-0.05, 0) is 38.1 Å². The third-order valence-electron chi connectivity index (χ3n) is 3.09. The molecule has 1 fully saturated rings. The van der Waals surface area contributed by atoms with Crippen LogP contribution in [-0.2, 0) is 0 Å².